The van der Waals surface area contributed by atoms with E-state index in [1.165, 1.54) is 6.20 Å². The first-order valence-corrected chi connectivity index (χ1v) is 6.52. The smallest absolute Gasteiger partial charge is 0.407 e. The highest BCUT2D eigenvalue weighted by Crippen LogP contribution is 2.15. The molecule has 1 amide bonds. The van der Waals surface area contributed by atoms with Gasteiger partial charge in [-0.15, -0.1) is 0 Å². The molecule has 1 aromatic rings. The molecule has 1 aromatic heterocycles. The van der Waals surface area contributed by atoms with Gasteiger partial charge in [-0.1, -0.05) is 12.2 Å². The Bertz CT molecular complexity index is 535. The van der Waals surface area contributed by atoms with Crippen LogP contribution in [0, 0.1) is 10.1 Å². The number of carbonyl (C=O) groups excluding carboxylic acids is 1. The van der Waals surface area contributed by atoms with Gasteiger partial charge < -0.3 is 20.2 Å². The molecular weight excluding hydrogens is 274 g/mol. The minimum Gasteiger partial charge on any atom is -0.444 e. The van der Waals surface area contributed by atoms with Crippen molar-refractivity contribution in [3.05, 3.63) is 40.1 Å². The minimum absolute atomic E-state index is 0.186. The number of hydrogen-bond donors (Lipinski definition) is 1. The van der Waals surface area contributed by atoms with Gasteiger partial charge in [-0.3, -0.25) is 0 Å². The molecule has 0 bridgehead atoms. The molecule has 0 aliphatic carbocycles. The average Bonchev–Trinajstić information content (AvgIpc) is 2.36. The van der Waals surface area contributed by atoms with E-state index < -0.39 is 16.6 Å². The zero-order chi connectivity index (χ0) is 15.9. The summed E-state index contributed by atoms with van der Waals surface area (Å²) in [4.78, 5) is 25.3. The van der Waals surface area contributed by atoms with E-state index in [0.717, 1.165) is 0 Å². The SMILES string of the molecule is CC(C)(C)OC(=O)NCCC=Cc1cccnc1[N+](=O)[O-]. The third-order valence-electron chi connectivity index (χ3n) is 2.27. The molecule has 7 nitrogen and oxygen atoms in total. The second kappa shape index (κ2) is 7.37. The molecule has 0 aliphatic heterocycles. The molecule has 0 radical (unpaired) electrons. The van der Waals surface area contributed by atoms with E-state index >= 15 is 0 Å². The van der Waals surface area contributed by atoms with Crippen molar-refractivity contribution >= 4 is 18.0 Å². The van der Waals surface area contributed by atoms with Crippen molar-refractivity contribution in [2.75, 3.05) is 6.54 Å². The minimum atomic E-state index is -0.532. The van der Waals surface area contributed by atoms with Crippen molar-refractivity contribution in [2.45, 2.75) is 32.8 Å². The summed E-state index contributed by atoms with van der Waals surface area (Å²) < 4.78 is 5.08. The lowest BCUT2D eigenvalue weighted by Crippen LogP contribution is -2.32. The van der Waals surface area contributed by atoms with Crippen molar-refractivity contribution < 1.29 is 14.5 Å². The Morgan fingerprint density at radius 2 is 2.24 bits per heavy atom. The summed E-state index contributed by atoms with van der Waals surface area (Å²) in [7, 11) is 0. The Labute approximate surface area is 123 Å². The van der Waals surface area contributed by atoms with Gasteiger partial charge in [-0.2, -0.15) is 0 Å². The summed E-state index contributed by atoms with van der Waals surface area (Å²) in [5, 5.41) is 13.4. The number of nitro groups is 1. The van der Waals surface area contributed by atoms with Gasteiger partial charge in [0.1, 0.15) is 11.8 Å². The van der Waals surface area contributed by atoms with Crippen LogP contribution >= 0.6 is 0 Å². The Kier molecular flexibility index (Phi) is 5.83. The zero-order valence-electron chi connectivity index (χ0n) is 12.3. The van der Waals surface area contributed by atoms with Crippen LogP contribution in [-0.2, 0) is 4.74 Å². The van der Waals surface area contributed by atoms with Crippen LogP contribution in [0.1, 0.15) is 32.8 Å². The molecule has 0 unspecified atom stereocenters. The summed E-state index contributed by atoms with van der Waals surface area (Å²) in [6.45, 7) is 5.75. The molecule has 114 valence electrons. The summed E-state index contributed by atoms with van der Waals surface area (Å²) in [5.74, 6) is -0.186. The molecule has 1 N–H and O–H groups in total. The number of carbonyl (C=O) groups is 1. The maximum atomic E-state index is 11.4. The van der Waals surface area contributed by atoms with Gasteiger partial charge in [0, 0.05) is 6.54 Å². The molecule has 0 atom stereocenters. The average molecular weight is 293 g/mol. The van der Waals surface area contributed by atoms with E-state index in [1.54, 1.807) is 45.1 Å². The van der Waals surface area contributed by atoms with E-state index in [-0.39, 0.29) is 5.82 Å². The summed E-state index contributed by atoms with van der Waals surface area (Å²) in [6.07, 6.45) is 4.77. The van der Waals surface area contributed by atoms with Gasteiger partial charge in [-0.05, 0) is 49.2 Å². The Balaban J connectivity index is 2.43. The molecule has 1 heterocycles. The normalized spacial score (nSPS) is 11.4. The Morgan fingerprint density at radius 3 is 2.86 bits per heavy atom. The van der Waals surface area contributed by atoms with Gasteiger partial charge in [0.05, 0.1) is 5.56 Å². The molecule has 0 saturated heterocycles. The number of amides is 1. The predicted octanol–water partition coefficient (Wildman–Crippen LogP) is 2.92. The van der Waals surface area contributed by atoms with E-state index in [0.29, 0.717) is 18.5 Å². The lowest BCUT2D eigenvalue weighted by Gasteiger charge is -2.19. The maximum Gasteiger partial charge on any atom is 0.407 e. The second-order valence-corrected chi connectivity index (χ2v) is 5.29. The van der Waals surface area contributed by atoms with Gasteiger partial charge in [-0.25, -0.2) is 4.79 Å². The lowest BCUT2D eigenvalue weighted by molar-refractivity contribution is -0.389. The van der Waals surface area contributed by atoms with E-state index in [1.807, 2.05) is 0 Å². The number of nitrogens with one attached hydrogen (secondary N) is 1. The quantitative estimate of drug-likeness (QED) is 0.511. The van der Waals surface area contributed by atoms with E-state index in [9.17, 15) is 14.9 Å². The number of ether oxygens (including phenoxy) is 1. The molecule has 0 fully saturated rings. The fourth-order valence-corrected chi connectivity index (χ4v) is 1.47. The van der Waals surface area contributed by atoms with Crippen LogP contribution in [0.25, 0.3) is 6.08 Å². The Morgan fingerprint density at radius 1 is 1.52 bits per heavy atom. The zero-order valence-corrected chi connectivity index (χ0v) is 12.3. The first-order valence-electron chi connectivity index (χ1n) is 6.52. The number of rotatable bonds is 5. The topological polar surface area (TPSA) is 94.4 Å². The van der Waals surface area contributed by atoms with Crippen LogP contribution in [-0.4, -0.2) is 28.1 Å². The van der Waals surface area contributed by atoms with Crippen LogP contribution in [0.4, 0.5) is 10.6 Å². The number of alkyl carbamates (subject to hydrolysis) is 1. The third-order valence-corrected chi connectivity index (χ3v) is 2.27. The van der Waals surface area contributed by atoms with Crippen LogP contribution in [0.2, 0.25) is 0 Å². The molecular formula is C14H19N3O4. The molecule has 1 rings (SSSR count). The van der Waals surface area contributed by atoms with Crippen molar-refractivity contribution in [2.24, 2.45) is 0 Å². The Hall–Kier alpha value is -2.44. The standard InChI is InChI=1S/C14H19N3O4/c1-14(2,3)21-13(18)16-9-5-4-7-11-8-6-10-15-12(11)17(19)20/h4,6-8,10H,5,9H2,1-3H3,(H,16,18). The van der Waals surface area contributed by atoms with E-state index in [2.05, 4.69) is 10.3 Å². The number of pyridine rings is 1. The summed E-state index contributed by atoms with van der Waals surface area (Å²) >= 11 is 0. The largest absolute Gasteiger partial charge is 0.444 e. The third kappa shape index (κ3) is 6.51. The van der Waals surface area contributed by atoms with Gasteiger partial charge in [0.25, 0.3) is 0 Å². The van der Waals surface area contributed by atoms with Crippen LogP contribution in [0.15, 0.2) is 24.4 Å². The summed E-state index contributed by atoms with van der Waals surface area (Å²) in [5.41, 5.74) is -0.101. The first kappa shape index (κ1) is 16.6. The fourth-order valence-electron chi connectivity index (χ4n) is 1.47. The van der Waals surface area contributed by atoms with Crippen molar-refractivity contribution in [3.63, 3.8) is 0 Å². The fraction of sp³-hybridized carbons (Fsp3) is 0.429. The van der Waals surface area contributed by atoms with Gasteiger partial charge >= 0.3 is 11.9 Å². The molecule has 7 heteroatoms. The molecule has 21 heavy (non-hydrogen) atoms. The second-order valence-electron chi connectivity index (χ2n) is 5.29. The van der Waals surface area contributed by atoms with Crippen molar-refractivity contribution in [1.82, 2.24) is 10.3 Å². The number of hydrogen-bond acceptors (Lipinski definition) is 5. The summed E-state index contributed by atoms with van der Waals surface area (Å²) in [6, 6.07) is 3.24. The van der Waals surface area contributed by atoms with E-state index in [4.69, 9.17) is 4.74 Å². The van der Waals surface area contributed by atoms with Crippen molar-refractivity contribution in [1.29, 1.82) is 0 Å². The lowest BCUT2D eigenvalue weighted by atomic mass is 10.2. The first-order chi connectivity index (χ1) is 9.79. The molecule has 0 aliphatic rings. The van der Waals surface area contributed by atoms with Gasteiger partial charge in [0.2, 0.25) is 0 Å². The van der Waals surface area contributed by atoms with Crippen molar-refractivity contribution in [3.8, 4) is 0 Å². The number of nitrogens with zero attached hydrogens (tertiary/aromatic N) is 2. The predicted molar refractivity (Wildman–Crippen MR) is 78.8 cm³/mol. The van der Waals surface area contributed by atoms with Crippen LogP contribution in [0.3, 0.4) is 0 Å². The van der Waals surface area contributed by atoms with Crippen LogP contribution < -0.4 is 5.32 Å². The highest BCUT2D eigenvalue weighted by Gasteiger charge is 2.15. The van der Waals surface area contributed by atoms with Crippen LogP contribution in [0.5, 0.6) is 0 Å². The highest BCUT2D eigenvalue weighted by molar-refractivity contribution is 5.67. The molecule has 0 saturated carbocycles. The number of aromatic nitrogens is 1. The molecule has 0 aromatic carbocycles. The highest BCUT2D eigenvalue weighted by atomic mass is 16.6. The van der Waals surface area contributed by atoms with Gasteiger partial charge in [0.15, 0.2) is 0 Å². The molecule has 0 spiro atoms. The monoisotopic (exact) mass is 293 g/mol. The maximum absolute atomic E-state index is 11.4.